The van der Waals surface area contributed by atoms with Crippen LogP contribution in [0.2, 0.25) is 0 Å². The minimum Gasteiger partial charge on any atom is -0.387 e. The third kappa shape index (κ3) is 3.71. The topological polar surface area (TPSA) is 23.5 Å². The molecule has 0 aromatic heterocycles. The summed E-state index contributed by atoms with van der Waals surface area (Å²) in [5, 5.41) is 10.2. The second-order valence-corrected chi connectivity index (χ2v) is 6.59. The lowest BCUT2D eigenvalue weighted by Gasteiger charge is -2.26. The van der Waals surface area contributed by atoms with Gasteiger partial charge in [-0.25, -0.2) is 0 Å². The Kier molecular flexibility index (Phi) is 4.91. The molecule has 1 saturated heterocycles. The van der Waals surface area contributed by atoms with E-state index in [1.54, 1.807) is 0 Å². The molecule has 1 aromatic rings. The Hall–Kier alpha value is -0.0300. The van der Waals surface area contributed by atoms with E-state index in [0.717, 1.165) is 10.0 Å². The zero-order valence-electron chi connectivity index (χ0n) is 9.97. The number of hydrogen-bond acceptors (Lipinski definition) is 3. The summed E-state index contributed by atoms with van der Waals surface area (Å²) in [6.07, 6.45) is 0.843. The summed E-state index contributed by atoms with van der Waals surface area (Å²) in [7, 11) is 2.11. The summed E-state index contributed by atoms with van der Waals surface area (Å²) in [4.78, 5) is 2.28. The molecule has 0 spiro atoms. The van der Waals surface area contributed by atoms with E-state index in [0.29, 0.717) is 12.6 Å². The van der Waals surface area contributed by atoms with E-state index in [2.05, 4.69) is 27.9 Å². The number of rotatable bonds is 4. The largest absolute Gasteiger partial charge is 0.387 e. The van der Waals surface area contributed by atoms with Crippen molar-refractivity contribution in [3.05, 3.63) is 34.3 Å². The molecule has 94 valence electrons. The SMILES string of the molecule is CN(C[C@@H](O)c1cccc(Br)c1)[C@@H]1CCSC1. The second kappa shape index (κ2) is 6.23. The van der Waals surface area contributed by atoms with Crippen LogP contribution >= 0.6 is 27.7 Å². The number of nitrogens with zero attached hydrogens (tertiary/aromatic N) is 1. The minimum atomic E-state index is -0.400. The van der Waals surface area contributed by atoms with Crippen LogP contribution in [-0.4, -0.2) is 41.1 Å². The molecule has 1 aliphatic heterocycles. The number of likely N-dealkylation sites (N-methyl/N-ethyl adjacent to an activating group) is 1. The zero-order valence-corrected chi connectivity index (χ0v) is 12.4. The number of benzene rings is 1. The van der Waals surface area contributed by atoms with Crippen LogP contribution in [0.3, 0.4) is 0 Å². The highest BCUT2D eigenvalue weighted by molar-refractivity contribution is 9.10. The van der Waals surface area contributed by atoms with Gasteiger partial charge in [0.05, 0.1) is 6.10 Å². The van der Waals surface area contributed by atoms with Crippen LogP contribution in [0.25, 0.3) is 0 Å². The standard InChI is InChI=1S/C13H18BrNOS/c1-15(12-5-6-17-9-12)8-13(16)10-3-2-4-11(14)7-10/h2-4,7,12-13,16H,5-6,8-9H2,1H3/t12-,13-/m1/s1. The van der Waals surface area contributed by atoms with Gasteiger partial charge in [-0.3, -0.25) is 4.90 Å². The maximum absolute atomic E-state index is 10.2. The van der Waals surface area contributed by atoms with Gasteiger partial charge in [-0.15, -0.1) is 0 Å². The van der Waals surface area contributed by atoms with E-state index in [1.165, 1.54) is 17.9 Å². The van der Waals surface area contributed by atoms with Gasteiger partial charge < -0.3 is 5.11 Å². The van der Waals surface area contributed by atoms with Crippen LogP contribution < -0.4 is 0 Å². The van der Waals surface area contributed by atoms with Crippen LogP contribution in [0.5, 0.6) is 0 Å². The van der Waals surface area contributed by atoms with E-state index in [1.807, 2.05) is 36.0 Å². The van der Waals surface area contributed by atoms with Crippen molar-refractivity contribution < 1.29 is 5.11 Å². The molecule has 17 heavy (non-hydrogen) atoms. The summed E-state index contributed by atoms with van der Waals surface area (Å²) in [6.45, 7) is 0.710. The van der Waals surface area contributed by atoms with Gasteiger partial charge in [0, 0.05) is 22.8 Å². The van der Waals surface area contributed by atoms with Crippen LogP contribution in [0.1, 0.15) is 18.1 Å². The fourth-order valence-corrected chi connectivity index (χ4v) is 3.83. The molecule has 1 N–H and O–H groups in total. The van der Waals surface area contributed by atoms with Crippen LogP contribution in [-0.2, 0) is 0 Å². The molecule has 0 bridgehead atoms. The van der Waals surface area contributed by atoms with Crippen molar-refractivity contribution in [3.63, 3.8) is 0 Å². The fraction of sp³-hybridized carbons (Fsp3) is 0.538. The van der Waals surface area contributed by atoms with Gasteiger partial charge in [-0.05, 0) is 36.9 Å². The Bertz CT molecular complexity index is 368. The second-order valence-electron chi connectivity index (χ2n) is 4.53. The first-order chi connectivity index (χ1) is 8.16. The van der Waals surface area contributed by atoms with Gasteiger partial charge in [-0.2, -0.15) is 11.8 Å². The number of halogens is 1. The van der Waals surface area contributed by atoms with Crippen molar-refractivity contribution >= 4 is 27.7 Å². The number of aliphatic hydroxyl groups excluding tert-OH is 1. The first kappa shape index (κ1) is 13.4. The van der Waals surface area contributed by atoms with Crippen molar-refractivity contribution in [2.75, 3.05) is 25.1 Å². The molecule has 1 heterocycles. The molecular weight excluding hydrogens is 298 g/mol. The summed E-state index contributed by atoms with van der Waals surface area (Å²) >= 11 is 5.44. The summed E-state index contributed by atoms with van der Waals surface area (Å²) in [6, 6.07) is 8.54. The lowest BCUT2D eigenvalue weighted by molar-refractivity contribution is 0.110. The van der Waals surface area contributed by atoms with Gasteiger partial charge in [-0.1, -0.05) is 28.1 Å². The summed E-state index contributed by atoms with van der Waals surface area (Å²) in [5.74, 6) is 2.45. The first-order valence-corrected chi connectivity index (χ1v) is 7.83. The Labute approximate surface area is 116 Å². The fourth-order valence-electron chi connectivity index (χ4n) is 2.11. The summed E-state index contributed by atoms with van der Waals surface area (Å²) < 4.78 is 1.02. The predicted octanol–water partition coefficient (Wildman–Crippen LogP) is 2.92. The molecule has 0 aliphatic carbocycles. The van der Waals surface area contributed by atoms with Gasteiger partial charge in [0.2, 0.25) is 0 Å². The number of thioether (sulfide) groups is 1. The number of hydrogen-bond donors (Lipinski definition) is 1. The lowest BCUT2D eigenvalue weighted by Crippen LogP contribution is -2.34. The van der Waals surface area contributed by atoms with E-state index >= 15 is 0 Å². The van der Waals surface area contributed by atoms with E-state index in [9.17, 15) is 5.11 Å². The van der Waals surface area contributed by atoms with Crippen LogP contribution in [0.4, 0.5) is 0 Å². The smallest absolute Gasteiger partial charge is 0.0917 e. The quantitative estimate of drug-likeness (QED) is 0.924. The molecule has 1 aliphatic rings. The average Bonchev–Trinajstić information content (AvgIpc) is 2.82. The molecule has 4 heteroatoms. The van der Waals surface area contributed by atoms with E-state index in [4.69, 9.17) is 0 Å². The number of aliphatic hydroxyl groups is 1. The van der Waals surface area contributed by atoms with Crippen molar-refractivity contribution in [1.82, 2.24) is 4.90 Å². The molecule has 0 radical (unpaired) electrons. The molecule has 0 saturated carbocycles. The highest BCUT2D eigenvalue weighted by atomic mass is 79.9. The lowest BCUT2D eigenvalue weighted by atomic mass is 10.1. The van der Waals surface area contributed by atoms with Crippen molar-refractivity contribution in [2.45, 2.75) is 18.6 Å². The minimum absolute atomic E-state index is 0.400. The van der Waals surface area contributed by atoms with Gasteiger partial charge in [0.25, 0.3) is 0 Å². The third-order valence-electron chi connectivity index (χ3n) is 3.22. The Morgan fingerprint density at radius 1 is 1.59 bits per heavy atom. The van der Waals surface area contributed by atoms with E-state index < -0.39 is 6.10 Å². The van der Waals surface area contributed by atoms with Gasteiger partial charge in [0.1, 0.15) is 0 Å². The maximum atomic E-state index is 10.2. The average molecular weight is 316 g/mol. The van der Waals surface area contributed by atoms with Crippen LogP contribution in [0.15, 0.2) is 28.7 Å². The van der Waals surface area contributed by atoms with Gasteiger partial charge in [0.15, 0.2) is 0 Å². The van der Waals surface area contributed by atoms with Crippen molar-refractivity contribution in [1.29, 1.82) is 0 Å². The third-order valence-corrected chi connectivity index (χ3v) is 4.86. The van der Waals surface area contributed by atoms with Gasteiger partial charge >= 0.3 is 0 Å². The maximum Gasteiger partial charge on any atom is 0.0917 e. The normalized spacial score (nSPS) is 22.0. The van der Waals surface area contributed by atoms with Crippen molar-refractivity contribution in [3.8, 4) is 0 Å². The molecule has 2 atom stereocenters. The molecule has 1 fully saturated rings. The molecule has 0 unspecified atom stereocenters. The Morgan fingerprint density at radius 2 is 2.41 bits per heavy atom. The Balaban J connectivity index is 1.93. The molecular formula is C13H18BrNOS. The predicted molar refractivity (Wildman–Crippen MR) is 77.5 cm³/mol. The van der Waals surface area contributed by atoms with Crippen LogP contribution in [0, 0.1) is 0 Å². The summed E-state index contributed by atoms with van der Waals surface area (Å²) in [5.41, 5.74) is 0.983. The Morgan fingerprint density at radius 3 is 3.06 bits per heavy atom. The molecule has 0 amide bonds. The van der Waals surface area contributed by atoms with Crippen molar-refractivity contribution in [2.24, 2.45) is 0 Å². The monoisotopic (exact) mass is 315 g/mol. The highest BCUT2D eigenvalue weighted by Gasteiger charge is 2.22. The van der Waals surface area contributed by atoms with E-state index in [-0.39, 0.29) is 0 Å². The molecule has 2 nitrogen and oxygen atoms in total. The zero-order chi connectivity index (χ0) is 12.3. The molecule has 1 aromatic carbocycles. The molecule has 2 rings (SSSR count). The first-order valence-electron chi connectivity index (χ1n) is 5.88. The highest BCUT2D eigenvalue weighted by Crippen LogP contribution is 2.24.